The van der Waals surface area contributed by atoms with Crippen LogP contribution in [0.3, 0.4) is 0 Å². The highest BCUT2D eigenvalue weighted by Crippen LogP contribution is 2.46. The van der Waals surface area contributed by atoms with Crippen molar-refractivity contribution in [3.05, 3.63) is 53.6 Å². The second-order valence-electron chi connectivity index (χ2n) is 11.4. The summed E-state index contributed by atoms with van der Waals surface area (Å²) < 4.78 is 16.7. The lowest BCUT2D eigenvalue weighted by Crippen LogP contribution is -2.49. The van der Waals surface area contributed by atoms with Crippen molar-refractivity contribution in [1.82, 2.24) is 4.90 Å². The van der Waals surface area contributed by atoms with Crippen molar-refractivity contribution >= 4 is 17.9 Å². The van der Waals surface area contributed by atoms with Crippen LogP contribution in [0.2, 0.25) is 0 Å². The largest absolute Gasteiger partial charge is 0.497 e. The van der Waals surface area contributed by atoms with Crippen molar-refractivity contribution in [2.45, 2.75) is 88.3 Å². The van der Waals surface area contributed by atoms with E-state index in [1.54, 1.807) is 14.2 Å². The Morgan fingerprint density at radius 3 is 1.91 bits per heavy atom. The molecular weight excluding hydrogens is 562 g/mol. The predicted octanol–water partition coefficient (Wildman–Crippen LogP) is 3.26. The highest BCUT2D eigenvalue weighted by Gasteiger charge is 2.48. The SMILES string of the molecule is COc1ccc(C2(O)CC3CCC(C2)N3Cc2ccc(OC(C)C)c(OC)c2)cc1.O=C(O)CC(O)(CC(=O)O)C(=O)O. The number of rotatable bonds is 12. The van der Waals surface area contributed by atoms with E-state index in [-0.39, 0.29) is 6.10 Å². The molecule has 12 heteroatoms. The zero-order valence-electron chi connectivity index (χ0n) is 24.9. The lowest BCUT2D eigenvalue weighted by atomic mass is 9.80. The van der Waals surface area contributed by atoms with E-state index < -0.39 is 42.0 Å². The van der Waals surface area contributed by atoms with Gasteiger partial charge < -0.3 is 39.7 Å². The monoisotopic (exact) mass is 603 g/mol. The first-order valence-corrected chi connectivity index (χ1v) is 14.0. The molecule has 0 aliphatic carbocycles. The Hall–Kier alpha value is -3.87. The van der Waals surface area contributed by atoms with E-state index >= 15 is 0 Å². The first-order chi connectivity index (χ1) is 20.2. The number of fused-ring (bicyclic) bond motifs is 2. The minimum atomic E-state index is -2.74. The Kier molecular flexibility index (Phi) is 11.0. The standard InChI is InChI=1S/C25H33NO4.C6H8O7/c1-17(2)30-23-12-5-18(13-24(23)29-4)16-26-20-8-9-21(26)15-25(27,14-20)19-6-10-22(28-3)11-7-19;7-3(8)1-6(13,5(11)12)2-4(9)10/h5-7,10-13,17,20-21,27H,8-9,14-16H2,1-4H3;13H,1-2H2,(H,7,8)(H,9,10)(H,11,12). The average molecular weight is 604 g/mol. The van der Waals surface area contributed by atoms with Crippen molar-refractivity contribution in [1.29, 1.82) is 0 Å². The van der Waals surface area contributed by atoms with E-state index in [9.17, 15) is 19.5 Å². The molecule has 2 aliphatic rings. The topological polar surface area (TPSA) is 183 Å². The maximum absolute atomic E-state index is 11.5. The molecule has 2 aromatic carbocycles. The second-order valence-corrected chi connectivity index (χ2v) is 11.4. The molecule has 0 spiro atoms. The fraction of sp³-hybridized carbons (Fsp3) is 0.516. The van der Waals surface area contributed by atoms with Gasteiger partial charge in [0.25, 0.3) is 0 Å². The van der Waals surface area contributed by atoms with Crippen molar-refractivity contribution in [2.24, 2.45) is 0 Å². The zero-order chi connectivity index (χ0) is 31.9. The first-order valence-electron chi connectivity index (χ1n) is 14.0. The van der Waals surface area contributed by atoms with Gasteiger partial charge in [0.1, 0.15) is 5.75 Å². The van der Waals surface area contributed by atoms with Gasteiger partial charge in [0.05, 0.1) is 38.8 Å². The minimum absolute atomic E-state index is 0.110. The van der Waals surface area contributed by atoms with Gasteiger partial charge in [0.15, 0.2) is 17.1 Å². The molecule has 0 saturated carbocycles. The number of carboxylic acid groups (broad SMARTS) is 3. The van der Waals surface area contributed by atoms with Crippen molar-refractivity contribution in [2.75, 3.05) is 14.2 Å². The van der Waals surface area contributed by atoms with Crippen LogP contribution in [0.5, 0.6) is 17.2 Å². The number of aliphatic carboxylic acids is 3. The molecule has 2 fully saturated rings. The van der Waals surface area contributed by atoms with Gasteiger partial charge in [-0.2, -0.15) is 0 Å². The van der Waals surface area contributed by atoms with Crippen LogP contribution in [0, 0.1) is 0 Å². The van der Waals surface area contributed by atoms with Gasteiger partial charge >= 0.3 is 17.9 Å². The molecule has 2 aromatic rings. The number of methoxy groups -OCH3 is 2. The molecule has 2 unspecified atom stereocenters. The van der Waals surface area contributed by atoms with E-state index in [2.05, 4.69) is 17.0 Å². The van der Waals surface area contributed by atoms with E-state index in [1.165, 1.54) is 5.56 Å². The quantitative estimate of drug-likeness (QED) is 0.239. The van der Waals surface area contributed by atoms with E-state index in [1.807, 2.05) is 44.2 Å². The molecule has 2 bridgehead atoms. The fourth-order valence-corrected chi connectivity index (χ4v) is 5.80. The molecule has 0 aromatic heterocycles. The Morgan fingerprint density at radius 1 is 0.907 bits per heavy atom. The number of benzene rings is 2. The summed E-state index contributed by atoms with van der Waals surface area (Å²) in [5.74, 6) is -2.64. The Morgan fingerprint density at radius 2 is 1.47 bits per heavy atom. The average Bonchev–Trinajstić information content (AvgIpc) is 3.16. The van der Waals surface area contributed by atoms with E-state index in [4.69, 9.17) is 34.6 Å². The lowest BCUT2D eigenvalue weighted by Gasteiger charge is -2.44. The predicted molar refractivity (Wildman–Crippen MR) is 154 cm³/mol. The zero-order valence-corrected chi connectivity index (χ0v) is 24.9. The smallest absolute Gasteiger partial charge is 0.336 e. The van der Waals surface area contributed by atoms with Crippen LogP contribution in [0.25, 0.3) is 0 Å². The molecule has 43 heavy (non-hydrogen) atoms. The number of hydrogen-bond acceptors (Lipinski definition) is 9. The number of aliphatic hydroxyl groups is 2. The van der Waals surface area contributed by atoms with Gasteiger partial charge in [0, 0.05) is 18.6 Å². The third kappa shape index (κ3) is 8.59. The molecule has 2 atom stereocenters. The van der Waals surface area contributed by atoms with Gasteiger partial charge in [-0.25, -0.2) is 4.79 Å². The van der Waals surface area contributed by atoms with Crippen LogP contribution in [0.1, 0.15) is 63.5 Å². The molecule has 236 valence electrons. The number of hydrogen-bond donors (Lipinski definition) is 5. The van der Waals surface area contributed by atoms with Crippen LogP contribution in [-0.2, 0) is 26.5 Å². The molecule has 2 aliphatic heterocycles. The lowest BCUT2D eigenvalue weighted by molar-refractivity contribution is -0.170. The van der Waals surface area contributed by atoms with Crippen LogP contribution in [-0.4, -0.2) is 86.3 Å². The Labute approximate surface area is 250 Å². The van der Waals surface area contributed by atoms with Crippen LogP contribution in [0.4, 0.5) is 0 Å². The Bertz CT molecular complexity index is 1250. The van der Waals surface area contributed by atoms with Gasteiger partial charge in [-0.1, -0.05) is 18.2 Å². The summed E-state index contributed by atoms with van der Waals surface area (Å²) in [5, 5.41) is 45.3. The molecule has 2 saturated heterocycles. The highest BCUT2D eigenvalue weighted by atomic mass is 16.5. The third-order valence-corrected chi connectivity index (χ3v) is 7.79. The summed E-state index contributed by atoms with van der Waals surface area (Å²) in [4.78, 5) is 33.0. The third-order valence-electron chi connectivity index (χ3n) is 7.79. The summed E-state index contributed by atoms with van der Waals surface area (Å²) in [5.41, 5.74) is -1.29. The second kappa shape index (κ2) is 14.1. The van der Waals surface area contributed by atoms with Crippen LogP contribution in [0.15, 0.2) is 42.5 Å². The fourth-order valence-electron chi connectivity index (χ4n) is 5.80. The van der Waals surface area contributed by atoms with E-state index in [0.29, 0.717) is 12.1 Å². The van der Waals surface area contributed by atoms with E-state index in [0.717, 1.165) is 55.0 Å². The highest BCUT2D eigenvalue weighted by molar-refractivity contribution is 5.88. The van der Waals surface area contributed by atoms with Crippen molar-refractivity contribution in [3.63, 3.8) is 0 Å². The first kappa shape index (κ1) is 33.6. The normalized spacial score (nSPS) is 21.5. The van der Waals surface area contributed by atoms with Gasteiger partial charge in [0.2, 0.25) is 0 Å². The van der Waals surface area contributed by atoms with Crippen LogP contribution >= 0.6 is 0 Å². The summed E-state index contributed by atoms with van der Waals surface area (Å²) >= 11 is 0. The molecule has 12 nitrogen and oxygen atoms in total. The number of carboxylic acids is 3. The summed E-state index contributed by atoms with van der Waals surface area (Å²) in [7, 11) is 3.35. The Balaban J connectivity index is 0.000000331. The van der Waals surface area contributed by atoms with Gasteiger partial charge in [-0.15, -0.1) is 0 Å². The van der Waals surface area contributed by atoms with Gasteiger partial charge in [-0.3, -0.25) is 14.5 Å². The van der Waals surface area contributed by atoms with Crippen molar-refractivity contribution in [3.8, 4) is 17.2 Å². The summed E-state index contributed by atoms with van der Waals surface area (Å²) in [6, 6.07) is 14.9. The molecule has 0 amide bonds. The molecule has 5 N–H and O–H groups in total. The maximum atomic E-state index is 11.5. The number of nitrogens with zero attached hydrogens (tertiary/aromatic N) is 1. The molecule has 4 rings (SSSR count). The van der Waals surface area contributed by atoms with Crippen LogP contribution < -0.4 is 14.2 Å². The molecule has 0 radical (unpaired) electrons. The molecular formula is C31H41NO11. The maximum Gasteiger partial charge on any atom is 0.336 e. The minimum Gasteiger partial charge on any atom is -0.497 e. The number of ether oxygens (including phenoxy) is 3. The molecule has 2 heterocycles. The van der Waals surface area contributed by atoms with Gasteiger partial charge in [-0.05, 0) is 74.9 Å². The summed E-state index contributed by atoms with van der Waals surface area (Å²) in [6.07, 6.45) is 1.62. The summed E-state index contributed by atoms with van der Waals surface area (Å²) in [6.45, 7) is 4.90. The van der Waals surface area contributed by atoms with Crippen molar-refractivity contribution < 1.29 is 54.1 Å². The number of piperidine rings is 1. The number of carbonyl (C=O) groups is 3.